The molecule has 10 nitrogen and oxygen atoms in total. The van der Waals surface area contributed by atoms with Crippen LogP contribution in [-0.4, -0.2) is 56.8 Å². The molecule has 1 heterocycles. The third kappa shape index (κ3) is 6.66. The van der Waals surface area contributed by atoms with Crippen molar-refractivity contribution in [1.29, 1.82) is 0 Å². The lowest BCUT2D eigenvalue weighted by molar-refractivity contribution is -0.149. The van der Waals surface area contributed by atoms with Crippen LogP contribution >= 0.6 is 0 Å². The number of nitrogens with one attached hydrogen (secondary N) is 2. The van der Waals surface area contributed by atoms with Gasteiger partial charge in [-0.05, 0) is 30.5 Å². The predicted molar refractivity (Wildman–Crippen MR) is 99.3 cm³/mol. The average Bonchev–Trinajstić information content (AvgIpc) is 3.16. The molecule has 0 spiro atoms. The maximum atomic E-state index is 12.1. The van der Waals surface area contributed by atoms with E-state index in [0.29, 0.717) is 17.9 Å². The minimum Gasteiger partial charge on any atom is -0.467 e. The van der Waals surface area contributed by atoms with Gasteiger partial charge in [-0.3, -0.25) is 14.4 Å². The van der Waals surface area contributed by atoms with Crippen molar-refractivity contribution in [3.05, 3.63) is 23.8 Å². The second-order valence-electron chi connectivity index (χ2n) is 6.68. The molecular formula is C19H24N2O8. The summed E-state index contributed by atoms with van der Waals surface area (Å²) < 4.78 is 19.8. The van der Waals surface area contributed by atoms with Gasteiger partial charge in [0.15, 0.2) is 18.1 Å². The molecule has 2 rings (SSSR count). The molecule has 1 aliphatic heterocycles. The van der Waals surface area contributed by atoms with Crippen LogP contribution in [0.15, 0.2) is 18.2 Å². The summed E-state index contributed by atoms with van der Waals surface area (Å²) >= 11 is 0. The molecule has 0 aromatic heterocycles. The summed E-state index contributed by atoms with van der Waals surface area (Å²) in [5.41, 5.74) is 0.286. The Balaban J connectivity index is 1.75. The summed E-state index contributed by atoms with van der Waals surface area (Å²) in [5.74, 6) is -1.40. The quantitative estimate of drug-likeness (QED) is 0.562. The van der Waals surface area contributed by atoms with Gasteiger partial charge >= 0.3 is 11.9 Å². The molecular weight excluding hydrogens is 384 g/mol. The SMILES string of the molecule is COC(=O)[C@H](CC(C)C)NC(=O)COC(=O)CNC(=O)c1ccc2c(c1)OCO2. The highest BCUT2D eigenvalue weighted by molar-refractivity contribution is 5.96. The summed E-state index contributed by atoms with van der Waals surface area (Å²) in [7, 11) is 1.23. The molecule has 29 heavy (non-hydrogen) atoms. The Morgan fingerprint density at radius 3 is 2.55 bits per heavy atom. The number of methoxy groups -OCH3 is 1. The Morgan fingerprint density at radius 1 is 1.14 bits per heavy atom. The van der Waals surface area contributed by atoms with Crippen molar-refractivity contribution in [1.82, 2.24) is 10.6 Å². The van der Waals surface area contributed by atoms with E-state index >= 15 is 0 Å². The Hall–Kier alpha value is -3.30. The average molecular weight is 408 g/mol. The van der Waals surface area contributed by atoms with Crippen LogP contribution in [0.1, 0.15) is 30.6 Å². The number of carbonyl (C=O) groups excluding carboxylic acids is 4. The van der Waals surface area contributed by atoms with Gasteiger partial charge in [0.25, 0.3) is 11.8 Å². The van der Waals surface area contributed by atoms with E-state index in [2.05, 4.69) is 15.4 Å². The van der Waals surface area contributed by atoms with Crippen molar-refractivity contribution in [2.45, 2.75) is 26.3 Å². The zero-order chi connectivity index (χ0) is 21.4. The summed E-state index contributed by atoms with van der Waals surface area (Å²) in [6.07, 6.45) is 0.387. The van der Waals surface area contributed by atoms with Gasteiger partial charge in [-0.2, -0.15) is 0 Å². The molecule has 0 fully saturated rings. The monoisotopic (exact) mass is 408 g/mol. The highest BCUT2D eigenvalue weighted by Crippen LogP contribution is 2.32. The first-order valence-corrected chi connectivity index (χ1v) is 9.00. The van der Waals surface area contributed by atoms with Crippen molar-refractivity contribution < 1.29 is 38.1 Å². The molecule has 1 aliphatic rings. The van der Waals surface area contributed by atoms with E-state index in [0.717, 1.165) is 0 Å². The van der Waals surface area contributed by atoms with Crippen LogP contribution in [0.5, 0.6) is 11.5 Å². The molecule has 10 heteroatoms. The Morgan fingerprint density at radius 2 is 1.86 bits per heavy atom. The van der Waals surface area contributed by atoms with Gasteiger partial charge in [0.05, 0.1) is 7.11 Å². The van der Waals surface area contributed by atoms with Crippen LogP contribution in [0.3, 0.4) is 0 Å². The normalized spacial score (nSPS) is 12.8. The van der Waals surface area contributed by atoms with E-state index < -0.39 is 42.9 Å². The molecule has 1 aromatic carbocycles. The van der Waals surface area contributed by atoms with E-state index in [1.807, 2.05) is 13.8 Å². The number of carbonyl (C=O) groups is 4. The fourth-order valence-corrected chi connectivity index (χ4v) is 2.55. The van der Waals surface area contributed by atoms with Gasteiger partial charge in [-0.1, -0.05) is 13.8 Å². The molecule has 0 unspecified atom stereocenters. The molecule has 1 atom stereocenters. The first-order valence-electron chi connectivity index (χ1n) is 9.00. The summed E-state index contributed by atoms with van der Waals surface area (Å²) in [4.78, 5) is 47.5. The van der Waals surface area contributed by atoms with Gasteiger partial charge in [0, 0.05) is 5.56 Å². The minimum atomic E-state index is -0.822. The third-order valence-corrected chi connectivity index (χ3v) is 3.92. The van der Waals surface area contributed by atoms with E-state index in [4.69, 9.17) is 14.2 Å². The minimum absolute atomic E-state index is 0.0861. The number of fused-ring (bicyclic) bond motifs is 1. The Bertz CT molecular complexity index is 777. The predicted octanol–water partition coefficient (Wildman–Crippen LogP) is 0.392. The first-order chi connectivity index (χ1) is 13.8. The molecule has 0 saturated carbocycles. The van der Waals surface area contributed by atoms with Crippen molar-refractivity contribution in [2.75, 3.05) is 27.1 Å². The van der Waals surface area contributed by atoms with E-state index in [9.17, 15) is 19.2 Å². The van der Waals surface area contributed by atoms with E-state index in [1.165, 1.54) is 19.2 Å². The summed E-state index contributed by atoms with van der Waals surface area (Å²) in [6.45, 7) is 2.87. The van der Waals surface area contributed by atoms with Crippen LogP contribution in [0.4, 0.5) is 0 Å². The molecule has 1 aromatic rings. The zero-order valence-corrected chi connectivity index (χ0v) is 16.5. The largest absolute Gasteiger partial charge is 0.467 e. The number of hydrogen-bond donors (Lipinski definition) is 2. The molecule has 0 bridgehead atoms. The van der Waals surface area contributed by atoms with Crippen LogP contribution in [0.25, 0.3) is 0 Å². The zero-order valence-electron chi connectivity index (χ0n) is 16.5. The van der Waals surface area contributed by atoms with Crippen LogP contribution in [-0.2, 0) is 23.9 Å². The topological polar surface area (TPSA) is 129 Å². The summed E-state index contributed by atoms with van der Waals surface area (Å²) in [6, 6.07) is 3.80. The summed E-state index contributed by atoms with van der Waals surface area (Å²) in [5, 5.41) is 4.86. The van der Waals surface area contributed by atoms with E-state index in [1.54, 1.807) is 6.07 Å². The maximum absolute atomic E-state index is 12.1. The standard InChI is InChI=1S/C19H24N2O8/c1-11(2)6-13(19(25)26-3)21-16(22)9-27-17(23)8-20-18(24)12-4-5-14-15(7-12)29-10-28-14/h4-5,7,11,13H,6,8-10H2,1-3H3,(H,20,24)(H,21,22)/t13-/m0/s1. The van der Waals surface area contributed by atoms with Crippen molar-refractivity contribution >= 4 is 23.8 Å². The lowest BCUT2D eigenvalue weighted by atomic mass is 10.0. The number of ether oxygens (including phenoxy) is 4. The first kappa shape index (κ1) is 22.0. The third-order valence-electron chi connectivity index (χ3n) is 3.92. The van der Waals surface area contributed by atoms with Crippen LogP contribution in [0, 0.1) is 5.92 Å². The number of esters is 2. The second-order valence-corrected chi connectivity index (χ2v) is 6.68. The molecule has 2 N–H and O–H groups in total. The maximum Gasteiger partial charge on any atom is 0.328 e. The molecule has 158 valence electrons. The van der Waals surface area contributed by atoms with Gasteiger partial charge in [0.1, 0.15) is 12.6 Å². The lowest BCUT2D eigenvalue weighted by Gasteiger charge is -2.18. The highest BCUT2D eigenvalue weighted by Gasteiger charge is 2.23. The van der Waals surface area contributed by atoms with Gasteiger partial charge in [0.2, 0.25) is 6.79 Å². The second kappa shape index (κ2) is 10.3. The number of rotatable bonds is 9. The van der Waals surface area contributed by atoms with Gasteiger partial charge in [-0.15, -0.1) is 0 Å². The van der Waals surface area contributed by atoms with Crippen molar-refractivity contribution in [2.24, 2.45) is 5.92 Å². The van der Waals surface area contributed by atoms with Crippen molar-refractivity contribution in [3.63, 3.8) is 0 Å². The van der Waals surface area contributed by atoms with Crippen LogP contribution < -0.4 is 20.1 Å². The molecule has 0 saturated heterocycles. The Labute approximate surface area is 167 Å². The molecule has 2 amide bonds. The van der Waals surface area contributed by atoms with Crippen molar-refractivity contribution in [3.8, 4) is 11.5 Å². The highest BCUT2D eigenvalue weighted by atomic mass is 16.7. The van der Waals surface area contributed by atoms with E-state index in [-0.39, 0.29) is 18.3 Å². The number of benzene rings is 1. The van der Waals surface area contributed by atoms with Gasteiger partial charge < -0.3 is 29.6 Å². The molecule has 0 aliphatic carbocycles. The van der Waals surface area contributed by atoms with Crippen LogP contribution in [0.2, 0.25) is 0 Å². The Kier molecular flexibility index (Phi) is 7.81. The number of hydrogen-bond acceptors (Lipinski definition) is 8. The fourth-order valence-electron chi connectivity index (χ4n) is 2.55. The lowest BCUT2D eigenvalue weighted by Crippen LogP contribution is -2.44. The number of amides is 2. The van der Waals surface area contributed by atoms with Gasteiger partial charge in [-0.25, -0.2) is 4.79 Å². The smallest absolute Gasteiger partial charge is 0.328 e. The fraction of sp³-hybridized carbons (Fsp3) is 0.474. The molecule has 0 radical (unpaired) electrons.